The second-order valence-corrected chi connectivity index (χ2v) is 7.43. The lowest BCUT2D eigenvalue weighted by Gasteiger charge is -2.23. The SMILES string of the molecule is CC(C)C(NCC(=O)Nc1ccccc1C(=O)Nc1ccccc1)c1ccccc1. The Morgan fingerprint density at radius 3 is 2.03 bits per heavy atom. The van der Waals surface area contributed by atoms with Crippen molar-refractivity contribution in [3.63, 3.8) is 0 Å². The number of hydrogen-bond donors (Lipinski definition) is 3. The number of carbonyl (C=O) groups excluding carboxylic acids is 2. The molecule has 0 aliphatic rings. The maximum atomic E-state index is 12.7. The molecule has 0 bridgehead atoms. The molecular formula is C25H27N3O2. The largest absolute Gasteiger partial charge is 0.324 e. The average molecular weight is 402 g/mol. The van der Waals surface area contributed by atoms with Gasteiger partial charge in [0.15, 0.2) is 0 Å². The normalized spacial score (nSPS) is 11.7. The van der Waals surface area contributed by atoms with E-state index in [0.29, 0.717) is 22.9 Å². The second kappa shape index (κ2) is 10.4. The third kappa shape index (κ3) is 5.78. The zero-order valence-electron chi connectivity index (χ0n) is 17.3. The van der Waals surface area contributed by atoms with E-state index >= 15 is 0 Å². The van der Waals surface area contributed by atoms with E-state index in [4.69, 9.17) is 0 Å². The van der Waals surface area contributed by atoms with Gasteiger partial charge in [-0.2, -0.15) is 0 Å². The molecule has 0 saturated heterocycles. The van der Waals surface area contributed by atoms with Crippen LogP contribution < -0.4 is 16.0 Å². The van der Waals surface area contributed by atoms with Crippen molar-refractivity contribution in [1.29, 1.82) is 0 Å². The Bertz CT molecular complexity index is 972. The maximum Gasteiger partial charge on any atom is 0.257 e. The van der Waals surface area contributed by atoms with Gasteiger partial charge >= 0.3 is 0 Å². The summed E-state index contributed by atoms with van der Waals surface area (Å²) in [6, 6.07) is 26.4. The molecule has 3 rings (SSSR count). The van der Waals surface area contributed by atoms with Crippen LogP contribution in [0.2, 0.25) is 0 Å². The highest BCUT2D eigenvalue weighted by atomic mass is 16.2. The highest BCUT2D eigenvalue weighted by Gasteiger charge is 2.17. The fourth-order valence-electron chi connectivity index (χ4n) is 3.31. The molecule has 0 spiro atoms. The molecular weight excluding hydrogens is 374 g/mol. The van der Waals surface area contributed by atoms with Crippen molar-refractivity contribution >= 4 is 23.2 Å². The molecule has 3 N–H and O–H groups in total. The van der Waals surface area contributed by atoms with Crippen LogP contribution in [0.3, 0.4) is 0 Å². The molecule has 5 heteroatoms. The van der Waals surface area contributed by atoms with Gasteiger partial charge < -0.3 is 16.0 Å². The molecule has 0 aromatic heterocycles. The van der Waals surface area contributed by atoms with Gasteiger partial charge in [-0.25, -0.2) is 0 Å². The van der Waals surface area contributed by atoms with Gasteiger partial charge in [0, 0.05) is 11.7 Å². The van der Waals surface area contributed by atoms with E-state index in [1.165, 1.54) is 0 Å². The molecule has 0 aliphatic carbocycles. The number of amides is 2. The number of carbonyl (C=O) groups is 2. The Kier molecular flexibility index (Phi) is 7.35. The van der Waals surface area contributed by atoms with Gasteiger partial charge in [-0.15, -0.1) is 0 Å². The van der Waals surface area contributed by atoms with E-state index in [1.807, 2.05) is 48.5 Å². The lowest BCUT2D eigenvalue weighted by molar-refractivity contribution is -0.115. The Morgan fingerprint density at radius 1 is 0.767 bits per heavy atom. The predicted molar refractivity (Wildman–Crippen MR) is 121 cm³/mol. The van der Waals surface area contributed by atoms with Gasteiger partial charge in [0.2, 0.25) is 5.91 Å². The van der Waals surface area contributed by atoms with Crippen molar-refractivity contribution in [3.05, 3.63) is 96.1 Å². The standard InChI is InChI=1S/C25H27N3O2/c1-18(2)24(19-11-5-3-6-12-19)26-17-23(29)28-22-16-10-9-15-21(22)25(30)27-20-13-7-4-8-14-20/h3-16,18,24,26H,17H2,1-2H3,(H,27,30)(H,28,29). The Hall–Kier alpha value is -3.44. The van der Waals surface area contributed by atoms with Crippen molar-refractivity contribution in [2.75, 3.05) is 17.2 Å². The summed E-state index contributed by atoms with van der Waals surface area (Å²) in [4.78, 5) is 25.3. The summed E-state index contributed by atoms with van der Waals surface area (Å²) >= 11 is 0. The number of benzene rings is 3. The van der Waals surface area contributed by atoms with Crippen molar-refractivity contribution in [1.82, 2.24) is 5.32 Å². The molecule has 1 atom stereocenters. The summed E-state index contributed by atoms with van der Waals surface area (Å²) < 4.78 is 0. The third-order valence-electron chi connectivity index (χ3n) is 4.79. The van der Waals surface area contributed by atoms with Crippen LogP contribution in [-0.2, 0) is 4.79 Å². The first-order valence-corrected chi connectivity index (χ1v) is 10.1. The van der Waals surface area contributed by atoms with Crippen molar-refractivity contribution < 1.29 is 9.59 Å². The smallest absolute Gasteiger partial charge is 0.257 e. The van der Waals surface area contributed by atoms with Crippen LogP contribution in [0.1, 0.15) is 35.8 Å². The summed E-state index contributed by atoms with van der Waals surface area (Å²) in [5.41, 5.74) is 2.74. The molecule has 1 unspecified atom stereocenters. The molecule has 30 heavy (non-hydrogen) atoms. The summed E-state index contributed by atoms with van der Waals surface area (Å²) in [6.45, 7) is 4.38. The van der Waals surface area contributed by atoms with Crippen LogP contribution in [0.5, 0.6) is 0 Å². The van der Waals surface area contributed by atoms with Gasteiger partial charge in [0.1, 0.15) is 0 Å². The minimum atomic E-state index is -0.269. The quantitative estimate of drug-likeness (QED) is 0.505. The minimum Gasteiger partial charge on any atom is -0.324 e. The topological polar surface area (TPSA) is 70.2 Å². The molecule has 0 radical (unpaired) electrons. The van der Waals surface area contributed by atoms with E-state index in [0.717, 1.165) is 5.56 Å². The number of para-hydroxylation sites is 2. The fraction of sp³-hybridized carbons (Fsp3) is 0.200. The molecule has 3 aromatic rings. The zero-order chi connectivity index (χ0) is 21.3. The molecule has 2 amide bonds. The maximum absolute atomic E-state index is 12.7. The van der Waals surface area contributed by atoms with Gasteiger partial charge in [-0.05, 0) is 35.7 Å². The highest BCUT2D eigenvalue weighted by Crippen LogP contribution is 2.21. The van der Waals surface area contributed by atoms with Gasteiger partial charge in [0.05, 0.1) is 17.8 Å². The summed E-state index contributed by atoms with van der Waals surface area (Å²) in [5.74, 6) is -0.143. The van der Waals surface area contributed by atoms with Crippen molar-refractivity contribution in [2.24, 2.45) is 5.92 Å². The number of anilines is 2. The van der Waals surface area contributed by atoms with Crippen molar-refractivity contribution in [2.45, 2.75) is 19.9 Å². The van der Waals surface area contributed by atoms with Crippen LogP contribution in [-0.4, -0.2) is 18.4 Å². The monoisotopic (exact) mass is 401 g/mol. The molecule has 0 heterocycles. The molecule has 154 valence electrons. The minimum absolute atomic E-state index is 0.0635. The molecule has 5 nitrogen and oxygen atoms in total. The zero-order valence-corrected chi connectivity index (χ0v) is 17.3. The molecule has 0 fully saturated rings. The summed E-state index contributed by atoms with van der Waals surface area (Å²) in [5, 5.41) is 9.04. The molecule has 3 aromatic carbocycles. The van der Waals surface area contributed by atoms with Crippen LogP contribution in [0.25, 0.3) is 0 Å². The van der Waals surface area contributed by atoms with Crippen molar-refractivity contribution in [3.8, 4) is 0 Å². The van der Waals surface area contributed by atoms with Gasteiger partial charge in [0.25, 0.3) is 5.91 Å². The number of nitrogens with one attached hydrogen (secondary N) is 3. The molecule has 0 saturated carbocycles. The van der Waals surface area contributed by atoms with Crippen LogP contribution in [0.4, 0.5) is 11.4 Å². The van der Waals surface area contributed by atoms with Crippen LogP contribution in [0, 0.1) is 5.92 Å². The number of rotatable bonds is 8. The predicted octanol–water partition coefficient (Wildman–Crippen LogP) is 4.86. The van der Waals surface area contributed by atoms with Crippen LogP contribution in [0.15, 0.2) is 84.9 Å². The Labute approximate surface area is 177 Å². The first-order chi connectivity index (χ1) is 14.5. The first-order valence-electron chi connectivity index (χ1n) is 10.1. The fourth-order valence-corrected chi connectivity index (χ4v) is 3.31. The van der Waals surface area contributed by atoms with E-state index in [2.05, 4.69) is 41.9 Å². The lowest BCUT2D eigenvalue weighted by atomic mass is 9.96. The van der Waals surface area contributed by atoms with E-state index in [9.17, 15) is 9.59 Å². The van der Waals surface area contributed by atoms with E-state index in [-0.39, 0.29) is 24.4 Å². The average Bonchev–Trinajstić information content (AvgIpc) is 2.75. The molecule has 0 aliphatic heterocycles. The number of hydrogen-bond acceptors (Lipinski definition) is 3. The Morgan fingerprint density at radius 2 is 1.37 bits per heavy atom. The second-order valence-electron chi connectivity index (χ2n) is 7.43. The van der Waals surface area contributed by atoms with Gasteiger partial charge in [-0.1, -0.05) is 74.5 Å². The lowest BCUT2D eigenvalue weighted by Crippen LogP contribution is -2.34. The van der Waals surface area contributed by atoms with E-state index < -0.39 is 0 Å². The van der Waals surface area contributed by atoms with Gasteiger partial charge in [-0.3, -0.25) is 9.59 Å². The Balaban J connectivity index is 1.65. The first kappa shape index (κ1) is 21.3. The summed E-state index contributed by atoms with van der Waals surface area (Å²) in [6.07, 6.45) is 0. The summed E-state index contributed by atoms with van der Waals surface area (Å²) in [7, 11) is 0. The van der Waals surface area contributed by atoms with E-state index in [1.54, 1.807) is 24.3 Å². The van der Waals surface area contributed by atoms with Crippen LogP contribution >= 0.6 is 0 Å². The third-order valence-corrected chi connectivity index (χ3v) is 4.79. The highest BCUT2D eigenvalue weighted by molar-refractivity contribution is 6.10.